The van der Waals surface area contributed by atoms with Gasteiger partial charge in [-0.25, -0.2) is 0 Å². The number of thiophene rings is 1. The molecule has 0 radical (unpaired) electrons. The lowest BCUT2D eigenvalue weighted by Crippen LogP contribution is -2.38. The van der Waals surface area contributed by atoms with Crippen LogP contribution in [0, 0.1) is 6.92 Å². The molecule has 0 fully saturated rings. The van der Waals surface area contributed by atoms with Crippen LogP contribution in [0.25, 0.3) is 0 Å². The van der Waals surface area contributed by atoms with Crippen LogP contribution < -0.4 is 14.8 Å². The van der Waals surface area contributed by atoms with E-state index in [-0.39, 0.29) is 0 Å². The Morgan fingerprint density at radius 2 is 2.25 bits per heavy atom. The highest BCUT2D eigenvalue weighted by Crippen LogP contribution is 2.34. The highest BCUT2D eigenvalue weighted by atomic mass is 32.1. The van der Waals surface area contributed by atoms with Crippen molar-refractivity contribution in [1.82, 2.24) is 5.32 Å². The fourth-order valence-electron chi connectivity index (χ4n) is 2.51. The number of nitrogens with one attached hydrogen (secondary N) is 1. The summed E-state index contributed by atoms with van der Waals surface area (Å²) in [5.41, 5.74) is 1.22. The minimum Gasteiger partial charge on any atom is -0.493 e. The van der Waals surface area contributed by atoms with Crippen LogP contribution in [0.2, 0.25) is 0 Å². The summed E-state index contributed by atoms with van der Waals surface area (Å²) in [5, 5.41) is 3.57. The molecule has 0 unspecified atom stereocenters. The van der Waals surface area contributed by atoms with Gasteiger partial charge in [-0.2, -0.15) is 0 Å². The lowest BCUT2D eigenvalue weighted by atomic mass is 10.0. The summed E-state index contributed by atoms with van der Waals surface area (Å²) < 4.78 is 11.2. The van der Waals surface area contributed by atoms with E-state index in [2.05, 4.69) is 30.4 Å². The minimum atomic E-state index is 0.358. The fraction of sp³-hybridized carbons (Fsp3) is 0.375. The fourth-order valence-corrected chi connectivity index (χ4v) is 3.35. The molecule has 1 aromatic carbocycles. The van der Waals surface area contributed by atoms with Crippen molar-refractivity contribution in [1.29, 1.82) is 0 Å². The van der Waals surface area contributed by atoms with Gasteiger partial charge in [-0.05, 0) is 37.1 Å². The molecule has 1 aliphatic heterocycles. The third-order valence-corrected chi connectivity index (χ3v) is 4.54. The van der Waals surface area contributed by atoms with Crippen LogP contribution in [0.5, 0.6) is 11.5 Å². The van der Waals surface area contributed by atoms with E-state index < -0.39 is 0 Å². The van der Waals surface area contributed by atoms with Crippen molar-refractivity contribution in [3.63, 3.8) is 0 Å². The van der Waals surface area contributed by atoms with Gasteiger partial charge in [0.05, 0.1) is 7.11 Å². The second-order valence-electron chi connectivity index (χ2n) is 5.05. The van der Waals surface area contributed by atoms with Gasteiger partial charge in [-0.3, -0.25) is 0 Å². The number of fused-ring (bicyclic) bond motifs is 1. The molecule has 0 saturated heterocycles. The second-order valence-corrected chi connectivity index (χ2v) is 6.43. The topological polar surface area (TPSA) is 30.5 Å². The lowest BCUT2D eigenvalue weighted by molar-refractivity contribution is 0.227. The Hall–Kier alpha value is -1.52. The molecule has 0 aliphatic carbocycles. The van der Waals surface area contributed by atoms with Crippen LogP contribution in [0.15, 0.2) is 30.3 Å². The van der Waals surface area contributed by atoms with Crippen molar-refractivity contribution in [3.8, 4) is 11.5 Å². The van der Waals surface area contributed by atoms with Gasteiger partial charge in [0, 0.05) is 22.3 Å². The quantitative estimate of drug-likeness (QED) is 0.938. The van der Waals surface area contributed by atoms with Gasteiger partial charge in [-0.15, -0.1) is 11.3 Å². The summed E-state index contributed by atoms with van der Waals surface area (Å²) >= 11 is 1.84. The molecule has 2 heterocycles. The maximum Gasteiger partial charge on any atom is 0.164 e. The van der Waals surface area contributed by atoms with E-state index in [1.807, 2.05) is 23.5 Å². The third kappa shape index (κ3) is 2.81. The van der Waals surface area contributed by atoms with Crippen molar-refractivity contribution in [3.05, 3.63) is 45.6 Å². The summed E-state index contributed by atoms with van der Waals surface area (Å²) in [7, 11) is 1.68. The van der Waals surface area contributed by atoms with E-state index in [0.717, 1.165) is 24.5 Å². The van der Waals surface area contributed by atoms with E-state index in [1.54, 1.807) is 7.11 Å². The SMILES string of the molecule is COc1cccc2c1OC[C@@H](NCc1ccc(C)s1)C2. The van der Waals surface area contributed by atoms with E-state index in [1.165, 1.54) is 15.3 Å². The second kappa shape index (κ2) is 5.85. The average Bonchev–Trinajstić information content (AvgIpc) is 2.89. The molecule has 0 saturated carbocycles. The maximum atomic E-state index is 5.87. The zero-order valence-corrected chi connectivity index (χ0v) is 12.6. The van der Waals surface area contributed by atoms with Crippen molar-refractivity contribution >= 4 is 11.3 Å². The molecule has 3 nitrogen and oxygen atoms in total. The van der Waals surface area contributed by atoms with E-state index in [9.17, 15) is 0 Å². The molecule has 0 amide bonds. The Morgan fingerprint density at radius 3 is 3.00 bits per heavy atom. The summed E-state index contributed by atoms with van der Waals surface area (Å²) in [4.78, 5) is 2.73. The van der Waals surface area contributed by atoms with Crippen LogP contribution >= 0.6 is 11.3 Å². The molecule has 20 heavy (non-hydrogen) atoms. The van der Waals surface area contributed by atoms with Crippen LogP contribution in [0.3, 0.4) is 0 Å². The lowest BCUT2D eigenvalue weighted by Gasteiger charge is -2.27. The number of hydrogen-bond donors (Lipinski definition) is 1. The Bertz CT molecular complexity index is 594. The van der Waals surface area contributed by atoms with Crippen LogP contribution in [0.1, 0.15) is 15.3 Å². The Morgan fingerprint density at radius 1 is 1.35 bits per heavy atom. The number of hydrogen-bond acceptors (Lipinski definition) is 4. The molecule has 1 atom stereocenters. The van der Waals surface area contributed by atoms with Gasteiger partial charge >= 0.3 is 0 Å². The molecule has 1 aliphatic rings. The molecule has 0 bridgehead atoms. The van der Waals surface area contributed by atoms with Gasteiger partial charge in [0.25, 0.3) is 0 Å². The Balaban J connectivity index is 1.64. The smallest absolute Gasteiger partial charge is 0.164 e. The number of aryl methyl sites for hydroxylation is 1. The van der Waals surface area contributed by atoms with Crippen molar-refractivity contribution in [2.75, 3.05) is 13.7 Å². The monoisotopic (exact) mass is 289 g/mol. The van der Waals surface area contributed by atoms with Crippen molar-refractivity contribution < 1.29 is 9.47 Å². The van der Waals surface area contributed by atoms with Crippen LogP contribution in [0.4, 0.5) is 0 Å². The van der Waals surface area contributed by atoms with Crippen LogP contribution in [-0.2, 0) is 13.0 Å². The largest absolute Gasteiger partial charge is 0.493 e. The average molecular weight is 289 g/mol. The standard InChI is InChI=1S/C16H19NO2S/c1-11-6-7-14(20-11)9-17-13-8-12-4-3-5-15(18-2)16(12)19-10-13/h3-7,13,17H,8-10H2,1-2H3/t13-/m0/s1. The summed E-state index contributed by atoms with van der Waals surface area (Å²) in [6.07, 6.45) is 0.983. The van der Waals surface area contributed by atoms with Gasteiger partial charge in [0.1, 0.15) is 6.61 Å². The minimum absolute atomic E-state index is 0.358. The van der Waals surface area contributed by atoms with Crippen molar-refractivity contribution in [2.45, 2.75) is 25.9 Å². The first-order chi connectivity index (χ1) is 9.76. The number of para-hydroxylation sites is 1. The van der Waals surface area contributed by atoms with Gasteiger partial charge in [0.2, 0.25) is 0 Å². The molecule has 2 aromatic rings. The number of ether oxygens (including phenoxy) is 2. The third-order valence-electron chi connectivity index (χ3n) is 3.54. The van der Waals surface area contributed by atoms with Gasteiger partial charge in [0.15, 0.2) is 11.5 Å². The highest BCUT2D eigenvalue weighted by molar-refractivity contribution is 7.11. The number of benzene rings is 1. The molecule has 4 heteroatoms. The Kier molecular flexibility index (Phi) is 3.94. The summed E-state index contributed by atoms with van der Waals surface area (Å²) in [6.45, 7) is 3.74. The molecular weight excluding hydrogens is 270 g/mol. The predicted molar refractivity (Wildman–Crippen MR) is 81.9 cm³/mol. The molecule has 1 N–H and O–H groups in total. The first-order valence-corrected chi connectivity index (χ1v) is 7.65. The maximum absolute atomic E-state index is 5.87. The number of rotatable bonds is 4. The zero-order valence-electron chi connectivity index (χ0n) is 11.8. The molecule has 0 spiro atoms. The molecule has 1 aromatic heterocycles. The highest BCUT2D eigenvalue weighted by Gasteiger charge is 2.22. The normalized spacial score (nSPS) is 17.4. The van der Waals surface area contributed by atoms with Crippen LogP contribution in [-0.4, -0.2) is 19.8 Å². The first-order valence-electron chi connectivity index (χ1n) is 6.83. The summed E-state index contributed by atoms with van der Waals surface area (Å²) in [6, 6.07) is 10.8. The zero-order chi connectivity index (χ0) is 13.9. The predicted octanol–water partition coefficient (Wildman–Crippen LogP) is 3.16. The van der Waals surface area contributed by atoms with E-state index in [0.29, 0.717) is 12.6 Å². The van der Waals surface area contributed by atoms with Crippen molar-refractivity contribution in [2.24, 2.45) is 0 Å². The van der Waals surface area contributed by atoms with E-state index >= 15 is 0 Å². The van der Waals surface area contributed by atoms with Gasteiger partial charge in [-0.1, -0.05) is 12.1 Å². The van der Waals surface area contributed by atoms with E-state index in [4.69, 9.17) is 9.47 Å². The molecule has 106 valence electrons. The molecular formula is C16H19NO2S. The summed E-state index contributed by atoms with van der Waals surface area (Å²) in [5.74, 6) is 1.73. The van der Waals surface area contributed by atoms with Gasteiger partial charge < -0.3 is 14.8 Å². The molecule has 3 rings (SSSR count). The first kappa shape index (κ1) is 13.5. The number of methoxy groups -OCH3 is 1. The Labute approximate surface area is 123 Å².